The fraction of sp³-hybridized carbons (Fsp3) is 1.00. The van der Waals surface area contributed by atoms with Crippen LogP contribution in [0.4, 0.5) is 17.6 Å². The zero-order chi connectivity index (χ0) is 14.2. The SMILES string of the molecule is O=S(=O)([O-])CC(F)C(F)C(F)CCCCCCF.[Na+]. The smallest absolute Gasteiger partial charge is 0.748 e. The van der Waals surface area contributed by atoms with Gasteiger partial charge in [-0.15, -0.1) is 0 Å². The van der Waals surface area contributed by atoms with Crippen molar-refractivity contribution in [3.05, 3.63) is 0 Å². The third kappa shape index (κ3) is 12.1. The number of hydrogen-bond donors (Lipinski definition) is 0. The van der Waals surface area contributed by atoms with Crippen molar-refractivity contribution in [2.75, 3.05) is 12.4 Å². The maximum absolute atomic E-state index is 13.1. The first-order valence-corrected chi connectivity index (χ1v) is 7.27. The van der Waals surface area contributed by atoms with Crippen molar-refractivity contribution in [1.82, 2.24) is 0 Å². The molecule has 0 rings (SSSR count). The van der Waals surface area contributed by atoms with Gasteiger partial charge in [-0.05, 0) is 12.8 Å². The van der Waals surface area contributed by atoms with Gasteiger partial charge < -0.3 is 4.55 Å². The first-order chi connectivity index (χ1) is 8.28. The normalized spacial score (nSPS) is 16.5. The fourth-order valence-electron chi connectivity index (χ4n) is 1.46. The van der Waals surface area contributed by atoms with E-state index in [0.29, 0.717) is 19.3 Å². The van der Waals surface area contributed by atoms with Crippen molar-refractivity contribution in [2.45, 2.75) is 50.6 Å². The largest absolute Gasteiger partial charge is 1.00 e. The molecule has 110 valence electrons. The topological polar surface area (TPSA) is 57.2 Å². The summed E-state index contributed by atoms with van der Waals surface area (Å²) in [5, 5.41) is 0. The molecule has 0 fully saturated rings. The summed E-state index contributed by atoms with van der Waals surface area (Å²) in [6.07, 6.45) is -6.04. The zero-order valence-corrected chi connectivity index (χ0v) is 13.6. The molecule has 3 nitrogen and oxygen atoms in total. The Morgan fingerprint density at radius 2 is 1.47 bits per heavy atom. The summed E-state index contributed by atoms with van der Waals surface area (Å²) < 4.78 is 81.4. The molecule has 0 heterocycles. The maximum Gasteiger partial charge on any atom is 1.00 e. The molecule has 0 saturated heterocycles. The average Bonchev–Trinajstić information content (AvgIpc) is 2.25. The molecular formula is C10H17F4NaO3S. The van der Waals surface area contributed by atoms with Crippen LogP contribution in [0.15, 0.2) is 0 Å². The first-order valence-electron chi connectivity index (χ1n) is 5.69. The molecule has 0 amide bonds. The molecule has 0 aliphatic rings. The van der Waals surface area contributed by atoms with Gasteiger partial charge in [0.05, 0.1) is 22.5 Å². The van der Waals surface area contributed by atoms with Crippen molar-refractivity contribution in [1.29, 1.82) is 0 Å². The third-order valence-corrected chi connectivity index (χ3v) is 3.14. The van der Waals surface area contributed by atoms with E-state index in [-0.39, 0.29) is 42.4 Å². The summed E-state index contributed by atoms with van der Waals surface area (Å²) >= 11 is 0. The van der Waals surface area contributed by atoms with Gasteiger partial charge in [-0.3, -0.25) is 4.39 Å². The van der Waals surface area contributed by atoms with E-state index in [9.17, 15) is 30.5 Å². The van der Waals surface area contributed by atoms with Crippen LogP contribution >= 0.6 is 0 Å². The van der Waals surface area contributed by atoms with Crippen LogP contribution < -0.4 is 29.6 Å². The zero-order valence-electron chi connectivity index (χ0n) is 10.8. The summed E-state index contributed by atoms with van der Waals surface area (Å²) in [5.74, 6) is -1.56. The van der Waals surface area contributed by atoms with E-state index in [0.717, 1.165) is 0 Å². The summed E-state index contributed by atoms with van der Waals surface area (Å²) in [4.78, 5) is 0. The van der Waals surface area contributed by atoms with E-state index in [1.54, 1.807) is 0 Å². The van der Waals surface area contributed by atoms with Gasteiger partial charge in [0, 0.05) is 0 Å². The Morgan fingerprint density at radius 1 is 0.947 bits per heavy atom. The third-order valence-electron chi connectivity index (χ3n) is 2.42. The monoisotopic (exact) mass is 316 g/mol. The second kappa shape index (κ2) is 11.3. The van der Waals surface area contributed by atoms with E-state index < -0.39 is 41.1 Å². The molecule has 0 aromatic rings. The molecule has 0 saturated carbocycles. The van der Waals surface area contributed by atoms with Crippen molar-refractivity contribution >= 4 is 10.1 Å². The summed E-state index contributed by atoms with van der Waals surface area (Å²) in [6.45, 7) is -0.474. The molecule has 0 aromatic carbocycles. The van der Waals surface area contributed by atoms with Crippen molar-refractivity contribution < 1.29 is 60.1 Å². The molecule has 9 heteroatoms. The maximum atomic E-state index is 13.1. The number of rotatable bonds is 10. The van der Waals surface area contributed by atoms with Crippen LogP contribution in [0.3, 0.4) is 0 Å². The van der Waals surface area contributed by atoms with Gasteiger partial charge in [-0.25, -0.2) is 21.6 Å². The van der Waals surface area contributed by atoms with E-state index in [2.05, 4.69) is 0 Å². The van der Waals surface area contributed by atoms with Gasteiger partial charge in [-0.1, -0.05) is 19.3 Å². The van der Waals surface area contributed by atoms with Gasteiger partial charge in [-0.2, -0.15) is 0 Å². The number of unbranched alkanes of at least 4 members (excludes halogenated alkanes) is 3. The molecule has 0 aromatic heterocycles. The molecule has 0 radical (unpaired) electrons. The van der Waals surface area contributed by atoms with Crippen LogP contribution in [0.25, 0.3) is 0 Å². The Labute approximate surface area is 133 Å². The van der Waals surface area contributed by atoms with Gasteiger partial charge in [0.1, 0.15) is 12.3 Å². The molecule has 0 N–H and O–H groups in total. The van der Waals surface area contributed by atoms with Crippen LogP contribution in [0.1, 0.15) is 32.1 Å². The van der Waals surface area contributed by atoms with Crippen LogP contribution in [0.2, 0.25) is 0 Å². The minimum absolute atomic E-state index is 0. The van der Waals surface area contributed by atoms with E-state index in [1.165, 1.54) is 0 Å². The first kappa shape index (κ1) is 21.9. The van der Waals surface area contributed by atoms with Crippen LogP contribution in [0.5, 0.6) is 0 Å². The molecule has 0 bridgehead atoms. The molecule has 0 aliphatic carbocycles. The molecular weight excluding hydrogens is 299 g/mol. The average molecular weight is 316 g/mol. The van der Waals surface area contributed by atoms with Gasteiger partial charge in [0.2, 0.25) is 0 Å². The van der Waals surface area contributed by atoms with E-state index >= 15 is 0 Å². The van der Waals surface area contributed by atoms with Crippen molar-refractivity contribution in [3.63, 3.8) is 0 Å². The molecule has 19 heavy (non-hydrogen) atoms. The number of hydrogen-bond acceptors (Lipinski definition) is 3. The number of alkyl halides is 4. The fourth-order valence-corrected chi connectivity index (χ4v) is 2.03. The Balaban J connectivity index is 0. The van der Waals surface area contributed by atoms with Crippen molar-refractivity contribution in [3.8, 4) is 0 Å². The van der Waals surface area contributed by atoms with Crippen LogP contribution in [0, 0.1) is 0 Å². The summed E-state index contributed by atoms with van der Waals surface area (Å²) in [6, 6.07) is 0. The Kier molecular flexibility index (Phi) is 13.0. The summed E-state index contributed by atoms with van der Waals surface area (Å²) in [5.41, 5.74) is 0. The molecule has 3 unspecified atom stereocenters. The minimum atomic E-state index is -4.91. The molecule has 3 atom stereocenters. The Morgan fingerprint density at radius 3 is 1.95 bits per heavy atom. The Hall–Kier alpha value is 0.630. The molecule has 0 spiro atoms. The second-order valence-electron chi connectivity index (χ2n) is 4.09. The van der Waals surface area contributed by atoms with Crippen LogP contribution in [-0.4, -0.2) is 43.9 Å². The van der Waals surface area contributed by atoms with Crippen molar-refractivity contribution in [2.24, 2.45) is 0 Å². The van der Waals surface area contributed by atoms with E-state index in [1.807, 2.05) is 0 Å². The second-order valence-corrected chi connectivity index (χ2v) is 5.54. The predicted molar refractivity (Wildman–Crippen MR) is 58.3 cm³/mol. The number of halogens is 4. The summed E-state index contributed by atoms with van der Waals surface area (Å²) in [7, 11) is -4.91. The minimum Gasteiger partial charge on any atom is -0.748 e. The Bertz CT molecular complexity index is 316. The van der Waals surface area contributed by atoms with Gasteiger partial charge >= 0.3 is 29.6 Å². The van der Waals surface area contributed by atoms with Gasteiger partial charge in [0.25, 0.3) is 0 Å². The van der Waals surface area contributed by atoms with Gasteiger partial charge in [0.15, 0.2) is 6.17 Å². The quantitative estimate of drug-likeness (QED) is 0.236. The predicted octanol–water partition coefficient (Wildman–Crippen LogP) is -0.530. The van der Waals surface area contributed by atoms with E-state index in [4.69, 9.17) is 0 Å². The standard InChI is InChI=1S/C10H18F4O3S.Na/c11-6-4-2-1-3-5-8(12)10(14)9(13)7-18(15,16)17;/h8-10H,1-7H2,(H,15,16,17);/q;+1/p-1. The molecule has 0 aliphatic heterocycles. The van der Waals surface area contributed by atoms with Crippen LogP contribution in [-0.2, 0) is 10.1 Å².